The maximum absolute atomic E-state index is 13.0. The van der Waals surface area contributed by atoms with Crippen LogP contribution in [0.1, 0.15) is 44.4 Å². The first-order valence-electron chi connectivity index (χ1n) is 10.6. The molecule has 0 radical (unpaired) electrons. The van der Waals surface area contributed by atoms with Crippen LogP contribution in [-0.2, 0) is 20.9 Å². The predicted octanol–water partition coefficient (Wildman–Crippen LogP) is 3.87. The zero-order chi connectivity index (χ0) is 22.4. The summed E-state index contributed by atoms with van der Waals surface area (Å²) in [5, 5.41) is 5.74. The summed E-state index contributed by atoms with van der Waals surface area (Å²) in [4.78, 5) is 39.3. The average molecular weight is 424 g/mol. The molecule has 1 fully saturated rings. The van der Waals surface area contributed by atoms with Crippen molar-refractivity contribution in [2.24, 2.45) is 5.92 Å². The molecule has 2 unspecified atom stereocenters. The topological polar surface area (TPSA) is 87.7 Å². The molecule has 0 saturated carbocycles. The first-order valence-corrected chi connectivity index (χ1v) is 10.6. The van der Waals surface area contributed by atoms with Gasteiger partial charge in [0.15, 0.2) is 12.1 Å². The van der Waals surface area contributed by atoms with E-state index in [1.807, 2.05) is 51.1 Å². The van der Waals surface area contributed by atoms with Crippen molar-refractivity contribution in [1.82, 2.24) is 10.2 Å². The highest BCUT2D eigenvalue weighted by molar-refractivity contribution is 5.92. The van der Waals surface area contributed by atoms with E-state index in [2.05, 4.69) is 10.6 Å². The molecule has 7 heteroatoms. The van der Waals surface area contributed by atoms with Crippen molar-refractivity contribution in [3.05, 3.63) is 65.7 Å². The minimum Gasteiger partial charge on any atom is -0.438 e. The third-order valence-electron chi connectivity index (χ3n) is 5.11. The monoisotopic (exact) mass is 423 g/mol. The van der Waals surface area contributed by atoms with Crippen molar-refractivity contribution in [3.8, 4) is 0 Å². The second-order valence-electron chi connectivity index (χ2n) is 7.92. The Hall–Kier alpha value is -3.35. The molecular formula is C24H29N3O4. The van der Waals surface area contributed by atoms with Crippen molar-refractivity contribution in [2.75, 3.05) is 11.9 Å². The number of amides is 3. The SMILES string of the molecule is CCCNC(=O)C1C(c2cccc(NC(=O)C(C)C)c2)OC(=O)N1Cc1ccccc1. The number of carbonyl (C=O) groups is 3. The third-order valence-corrected chi connectivity index (χ3v) is 5.11. The normalized spacial score (nSPS) is 18.1. The number of benzene rings is 2. The molecule has 31 heavy (non-hydrogen) atoms. The molecule has 1 heterocycles. The van der Waals surface area contributed by atoms with Gasteiger partial charge in [0.05, 0.1) is 6.54 Å². The van der Waals surface area contributed by atoms with Crippen LogP contribution in [0.4, 0.5) is 10.5 Å². The Kier molecular flexibility index (Phi) is 7.28. The Bertz CT molecular complexity index is 929. The van der Waals surface area contributed by atoms with Crippen LogP contribution in [0, 0.1) is 5.92 Å². The zero-order valence-corrected chi connectivity index (χ0v) is 18.1. The van der Waals surface area contributed by atoms with Crippen LogP contribution in [0.5, 0.6) is 0 Å². The van der Waals surface area contributed by atoms with E-state index in [4.69, 9.17) is 4.74 Å². The predicted molar refractivity (Wildman–Crippen MR) is 118 cm³/mol. The van der Waals surface area contributed by atoms with Gasteiger partial charge >= 0.3 is 6.09 Å². The highest BCUT2D eigenvalue weighted by atomic mass is 16.6. The molecular weight excluding hydrogens is 394 g/mol. The number of ether oxygens (including phenoxy) is 1. The molecule has 3 amide bonds. The van der Waals surface area contributed by atoms with E-state index in [0.717, 1.165) is 12.0 Å². The van der Waals surface area contributed by atoms with E-state index < -0.39 is 18.2 Å². The molecule has 2 aromatic carbocycles. The van der Waals surface area contributed by atoms with E-state index in [9.17, 15) is 14.4 Å². The lowest BCUT2D eigenvalue weighted by Gasteiger charge is -2.24. The van der Waals surface area contributed by atoms with Gasteiger partial charge in [0.2, 0.25) is 11.8 Å². The fourth-order valence-corrected chi connectivity index (χ4v) is 3.42. The fourth-order valence-electron chi connectivity index (χ4n) is 3.42. The molecule has 2 aromatic rings. The molecule has 164 valence electrons. The Morgan fingerprint density at radius 3 is 2.52 bits per heavy atom. The van der Waals surface area contributed by atoms with E-state index in [-0.39, 0.29) is 24.3 Å². The molecule has 0 aliphatic carbocycles. The summed E-state index contributed by atoms with van der Waals surface area (Å²) in [6.45, 7) is 6.38. The van der Waals surface area contributed by atoms with Gasteiger partial charge in [0, 0.05) is 18.2 Å². The highest BCUT2D eigenvalue weighted by Crippen LogP contribution is 2.35. The third kappa shape index (κ3) is 5.42. The first kappa shape index (κ1) is 22.3. The van der Waals surface area contributed by atoms with Crippen molar-refractivity contribution < 1.29 is 19.1 Å². The molecule has 2 N–H and O–H groups in total. The lowest BCUT2D eigenvalue weighted by molar-refractivity contribution is -0.126. The van der Waals surface area contributed by atoms with Crippen LogP contribution in [-0.4, -0.2) is 35.4 Å². The summed E-state index contributed by atoms with van der Waals surface area (Å²) in [5.74, 6) is -0.532. The van der Waals surface area contributed by atoms with E-state index in [0.29, 0.717) is 17.8 Å². The average Bonchev–Trinajstić information content (AvgIpc) is 3.09. The maximum atomic E-state index is 13.0. The van der Waals surface area contributed by atoms with Crippen LogP contribution < -0.4 is 10.6 Å². The number of anilines is 1. The molecule has 1 saturated heterocycles. The summed E-state index contributed by atoms with van der Waals surface area (Å²) >= 11 is 0. The maximum Gasteiger partial charge on any atom is 0.411 e. The molecule has 1 aliphatic heterocycles. The minimum absolute atomic E-state index is 0.108. The van der Waals surface area contributed by atoms with Gasteiger partial charge < -0.3 is 15.4 Å². The standard InChI is InChI=1S/C24H29N3O4/c1-4-13-25-23(29)20-21(18-11-8-12-19(14-18)26-22(28)16(2)3)31-24(30)27(20)15-17-9-6-5-7-10-17/h5-12,14,16,20-21H,4,13,15H2,1-3H3,(H,25,29)(H,26,28). The van der Waals surface area contributed by atoms with Crippen molar-refractivity contribution in [2.45, 2.75) is 45.9 Å². The Labute approximate surface area is 182 Å². The minimum atomic E-state index is -0.810. The summed E-state index contributed by atoms with van der Waals surface area (Å²) < 4.78 is 5.67. The number of nitrogens with one attached hydrogen (secondary N) is 2. The van der Waals surface area contributed by atoms with Gasteiger partial charge in [-0.05, 0) is 29.7 Å². The van der Waals surface area contributed by atoms with Gasteiger partial charge in [-0.1, -0.05) is 63.2 Å². The van der Waals surface area contributed by atoms with E-state index >= 15 is 0 Å². The van der Waals surface area contributed by atoms with E-state index in [1.54, 1.807) is 24.3 Å². The van der Waals surface area contributed by atoms with Gasteiger partial charge in [-0.3, -0.25) is 14.5 Å². The molecule has 2 atom stereocenters. The fraction of sp³-hybridized carbons (Fsp3) is 0.375. The highest BCUT2D eigenvalue weighted by Gasteiger charge is 2.46. The molecule has 0 aromatic heterocycles. The summed E-state index contributed by atoms with van der Waals surface area (Å²) in [5.41, 5.74) is 2.16. The van der Waals surface area contributed by atoms with Crippen molar-refractivity contribution in [1.29, 1.82) is 0 Å². The number of rotatable bonds is 8. The van der Waals surface area contributed by atoms with Crippen LogP contribution in [0.15, 0.2) is 54.6 Å². The molecule has 0 bridgehead atoms. The molecule has 1 aliphatic rings. The second-order valence-corrected chi connectivity index (χ2v) is 7.92. The van der Waals surface area contributed by atoms with Gasteiger partial charge in [0.1, 0.15) is 0 Å². The van der Waals surface area contributed by atoms with Crippen LogP contribution >= 0.6 is 0 Å². The molecule has 0 spiro atoms. The van der Waals surface area contributed by atoms with Gasteiger partial charge in [-0.2, -0.15) is 0 Å². The molecule has 7 nitrogen and oxygen atoms in total. The van der Waals surface area contributed by atoms with Gasteiger partial charge in [-0.15, -0.1) is 0 Å². The van der Waals surface area contributed by atoms with Gasteiger partial charge in [0.25, 0.3) is 0 Å². The Balaban J connectivity index is 1.89. The number of cyclic esters (lactones) is 1. The number of nitrogens with zero attached hydrogens (tertiary/aromatic N) is 1. The summed E-state index contributed by atoms with van der Waals surface area (Å²) in [6, 6.07) is 15.8. The molecule has 3 rings (SSSR count). The van der Waals surface area contributed by atoms with Crippen molar-refractivity contribution >= 4 is 23.6 Å². The zero-order valence-electron chi connectivity index (χ0n) is 18.1. The van der Waals surface area contributed by atoms with Crippen LogP contribution in [0.25, 0.3) is 0 Å². The number of hydrogen-bond acceptors (Lipinski definition) is 4. The number of hydrogen-bond donors (Lipinski definition) is 2. The van der Waals surface area contributed by atoms with Gasteiger partial charge in [-0.25, -0.2) is 4.79 Å². The quantitative estimate of drug-likeness (QED) is 0.675. The second kappa shape index (κ2) is 10.1. The Morgan fingerprint density at radius 1 is 1.10 bits per heavy atom. The van der Waals surface area contributed by atoms with Crippen LogP contribution in [0.3, 0.4) is 0 Å². The Morgan fingerprint density at radius 2 is 1.84 bits per heavy atom. The largest absolute Gasteiger partial charge is 0.438 e. The first-order chi connectivity index (χ1) is 14.9. The van der Waals surface area contributed by atoms with Crippen molar-refractivity contribution in [3.63, 3.8) is 0 Å². The smallest absolute Gasteiger partial charge is 0.411 e. The lowest BCUT2D eigenvalue weighted by atomic mass is 10.00. The van der Waals surface area contributed by atoms with E-state index in [1.165, 1.54) is 4.90 Å². The van der Waals surface area contributed by atoms with Crippen LogP contribution in [0.2, 0.25) is 0 Å². The number of carbonyl (C=O) groups excluding carboxylic acids is 3. The summed E-state index contributed by atoms with van der Waals surface area (Å²) in [7, 11) is 0. The summed E-state index contributed by atoms with van der Waals surface area (Å²) in [6.07, 6.45) is -0.529. The lowest BCUT2D eigenvalue weighted by Crippen LogP contribution is -2.46.